The Morgan fingerprint density at radius 2 is 1.46 bits per heavy atom. The number of rotatable bonds is 4. The molecular formula is C17H13Cl3N2O2. The summed E-state index contributed by atoms with van der Waals surface area (Å²) in [5.74, 6) is -1.24. The number of hydrogen-bond acceptors (Lipinski definition) is 2. The number of nitrogens with one attached hydrogen (secondary N) is 2. The van der Waals surface area contributed by atoms with E-state index in [1.165, 1.54) is 0 Å². The first-order valence-corrected chi connectivity index (χ1v) is 8.40. The largest absolute Gasteiger partial charge is 0.326 e. The summed E-state index contributed by atoms with van der Waals surface area (Å²) >= 11 is 17.9. The van der Waals surface area contributed by atoms with Crippen LogP contribution in [0.4, 0.5) is 11.4 Å². The topological polar surface area (TPSA) is 58.2 Å². The van der Waals surface area contributed by atoms with Crippen LogP contribution in [-0.4, -0.2) is 11.8 Å². The van der Waals surface area contributed by atoms with Gasteiger partial charge in [-0.15, -0.1) is 0 Å². The fourth-order valence-electron chi connectivity index (χ4n) is 2.41. The van der Waals surface area contributed by atoms with Gasteiger partial charge in [-0.05, 0) is 36.8 Å². The molecule has 1 saturated carbocycles. The second-order valence-electron chi connectivity index (χ2n) is 5.53. The summed E-state index contributed by atoms with van der Waals surface area (Å²) in [4.78, 5) is 24.5. The minimum Gasteiger partial charge on any atom is -0.326 e. The molecular weight excluding hydrogens is 371 g/mol. The van der Waals surface area contributed by atoms with Crippen LogP contribution in [0, 0.1) is 11.8 Å². The maximum Gasteiger partial charge on any atom is 0.228 e. The third kappa shape index (κ3) is 3.83. The highest BCUT2D eigenvalue weighted by molar-refractivity contribution is 6.39. The molecule has 1 aliphatic rings. The third-order valence-electron chi connectivity index (χ3n) is 3.77. The number of anilines is 2. The quantitative estimate of drug-likeness (QED) is 0.792. The molecule has 0 aliphatic heterocycles. The Morgan fingerprint density at radius 1 is 0.875 bits per heavy atom. The van der Waals surface area contributed by atoms with Gasteiger partial charge in [0, 0.05) is 10.7 Å². The molecule has 4 nitrogen and oxygen atoms in total. The lowest BCUT2D eigenvalue weighted by Crippen LogP contribution is -2.20. The number of benzene rings is 2. The van der Waals surface area contributed by atoms with Crippen molar-refractivity contribution in [1.82, 2.24) is 0 Å². The molecule has 0 saturated heterocycles. The van der Waals surface area contributed by atoms with Crippen molar-refractivity contribution < 1.29 is 9.59 Å². The Morgan fingerprint density at radius 3 is 2.08 bits per heavy atom. The molecule has 124 valence electrons. The highest BCUT2D eigenvalue weighted by atomic mass is 35.5. The van der Waals surface area contributed by atoms with Gasteiger partial charge < -0.3 is 10.6 Å². The summed E-state index contributed by atoms with van der Waals surface area (Å²) in [5, 5.41) is 6.70. The van der Waals surface area contributed by atoms with Crippen molar-refractivity contribution in [2.45, 2.75) is 6.42 Å². The number of hydrogen-bond donors (Lipinski definition) is 2. The van der Waals surface area contributed by atoms with Gasteiger partial charge in [-0.1, -0.05) is 46.9 Å². The summed E-state index contributed by atoms with van der Waals surface area (Å²) in [7, 11) is 0. The van der Waals surface area contributed by atoms with E-state index in [4.69, 9.17) is 34.8 Å². The van der Waals surface area contributed by atoms with Gasteiger partial charge in [-0.3, -0.25) is 9.59 Å². The van der Waals surface area contributed by atoms with Crippen molar-refractivity contribution in [1.29, 1.82) is 0 Å². The lowest BCUT2D eigenvalue weighted by Gasteiger charge is -2.09. The first-order valence-electron chi connectivity index (χ1n) is 7.27. The molecule has 24 heavy (non-hydrogen) atoms. The van der Waals surface area contributed by atoms with Gasteiger partial charge in [0.2, 0.25) is 11.8 Å². The minimum atomic E-state index is -0.392. The predicted octanol–water partition coefficient (Wildman–Crippen LogP) is 4.86. The van der Waals surface area contributed by atoms with E-state index >= 15 is 0 Å². The van der Waals surface area contributed by atoms with Gasteiger partial charge in [0.05, 0.1) is 27.6 Å². The van der Waals surface area contributed by atoms with E-state index in [0.717, 1.165) is 0 Å². The Hall–Kier alpha value is -1.75. The second kappa shape index (κ2) is 7.01. The molecule has 7 heteroatoms. The molecule has 2 aromatic rings. The van der Waals surface area contributed by atoms with Crippen molar-refractivity contribution in [3.05, 3.63) is 57.5 Å². The average Bonchev–Trinajstić information content (AvgIpc) is 3.32. The van der Waals surface area contributed by atoms with E-state index < -0.39 is 5.92 Å². The van der Waals surface area contributed by atoms with E-state index in [-0.39, 0.29) is 17.7 Å². The normalized spacial score (nSPS) is 18.8. The maximum absolute atomic E-state index is 12.3. The van der Waals surface area contributed by atoms with Gasteiger partial charge >= 0.3 is 0 Å². The van der Waals surface area contributed by atoms with E-state index in [0.29, 0.717) is 32.9 Å². The standard InChI is InChI=1S/C17H13Cl3N2O2/c18-9-3-1-4-10(7-9)21-16(23)11-8-12(11)17(24)22-15-13(19)5-2-6-14(15)20/h1-7,11-12H,8H2,(H,21,23)(H,22,24). The smallest absolute Gasteiger partial charge is 0.228 e. The number of halogens is 3. The molecule has 2 amide bonds. The van der Waals surface area contributed by atoms with Crippen LogP contribution in [-0.2, 0) is 9.59 Å². The van der Waals surface area contributed by atoms with Crippen molar-refractivity contribution in [3.63, 3.8) is 0 Å². The van der Waals surface area contributed by atoms with Crippen LogP contribution < -0.4 is 10.6 Å². The molecule has 0 bridgehead atoms. The van der Waals surface area contributed by atoms with Gasteiger partial charge in [0.25, 0.3) is 0 Å². The Balaban J connectivity index is 1.60. The van der Waals surface area contributed by atoms with E-state index in [1.807, 2.05) is 0 Å². The monoisotopic (exact) mass is 382 g/mol. The van der Waals surface area contributed by atoms with E-state index in [2.05, 4.69) is 10.6 Å². The zero-order chi connectivity index (χ0) is 17.3. The van der Waals surface area contributed by atoms with Crippen LogP contribution in [0.5, 0.6) is 0 Å². The fourth-order valence-corrected chi connectivity index (χ4v) is 3.09. The van der Waals surface area contributed by atoms with Gasteiger partial charge in [0.1, 0.15) is 0 Å². The Kier molecular flexibility index (Phi) is 4.99. The Labute approximate surface area is 154 Å². The highest BCUT2D eigenvalue weighted by Gasteiger charge is 2.48. The van der Waals surface area contributed by atoms with Crippen LogP contribution in [0.15, 0.2) is 42.5 Å². The number of carbonyl (C=O) groups is 2. The Bertz CT molecular complexity index is 790. The molecule has 0 radical (unpaired) electrons. The number of carbonyl (C=O) groups excluding carboxylic acids is 2. The second-order valence-corrected chi connectivity index (χ2v) is 6.79. The molecule has 2 atom stereocenters. The SMILES string of the molecule is O=C(Nc1cccc(Cl)c1)C1CC1C(=O)Nc1c(Cl)cccc1Cl. The molecule has 3 rings (SSSR count). The third-order valence-corrected chi connectivity index (χ3v) is 4.63. The maximum atomic E-state index is 12.3. The van der Waals surface area contributed by atoms with Crippen molar-refractivity contribution in [3.8, 4) is 0 Å². The molecule has 0 heterocycles. The molecule has 1 aliphatic carbocycles. The zero-order valence-electron chi connectivity index (χ0n) is 12.4. The first-order chi connectivity index (χ1) is 11.5. The highest BCUT2D eigenvalue weighted by Crippen LogP contribution is 2.41. The van der Waals surface area contributed by atoms with Crippen LogP contribution in [0.2, 0.25) is 15.1 Å². The number of para-hydroxylation sites is 1. The summed E-state index contributed by atoms with van der Waals surface area (Å²) in [6, 6.07) is 11.8. The van der Waals surface area contributed by atoms with Crippen LogP contribution in [0.1, 0.15) is 6.42 Å². The zero-order valence-corrected chi connectivity index (χ0v) is 14.6. The van der Waals surface area contributed by atoms with E-state index in [9.17, 15) is 9.59 Å². The van der Waals surface area contributed by atoms with Crippen molar-refractivity contribution >= 4 is 58.0 Å². The summed E-state index contributed by atoms with van der Waals surface area (Å²) in [6.45, 7) is 0. The van der Waals surface area contributed by atoms with Crippen LogP contribution in [0.25, 0.3) is 0 Å². The van der Waals surface area contributed by atoms with Crippen molar-refractivity contribution in [2.24, 2.45) is 11.8 Å². The molecule has 0 spiro atoms. The van der Waals surface area contributed by atoms with Crippen LogP contribution in [0.3, 0.4) is 0 Å². The average molecular weight is 384 g/mol. The number of amides is 2. The molecule has 2 N–H and O–H groups in total. The van der Waals surface area contributed by atoms with Gasteiger partial charge in [-0.2, -0.15) is 0 Å². The molecule has 2 unspecified atom stereocenters. The molecule has 0 aromatic heterocycles. The van der Waals surface area contributed by atoms with E-state index in [1.54, 1.807) is 42.5 Å². The van der Waals surface area contributed by atoms with Gasteiger partial charge in [0.15, 0.2) is 0 Å². The fraction of sp³-hybridized carbons (Fsp3) is 0.176. The predicted molar refractivity (Wildman–Crippen MR) is 96.8 cm³/mol. The van der Waals surface area contributed by atoms with Crippen LogP contribution >= 0.6 is 34.8 Å². The summed E-state index contributed by atoms with van der Waals surface area (Å²) in [6.07, 6.45) is 0.486. The summed E-state index contributed by atoms with van der Waals surface area (Å²) < 4.78 is 0. The van der Waals surface area contributed by atoms with Crippen molar-refractivity contribution in [2.75, 3.05) is 10.6 Å². The lowest BCUT2D eigenvalue weighted by atomic mass is 10.2. The lowest BCUT2D eigenvalue weighted by molar-refractivity contribution is -0.122. The molecule has 1 fully saturated rings. The summed E-state index contributed by atoms with van der Waals surface area (Å²) in [5.41, 5.74) is 0.972. The minimum absolute atomic E-state index is 0.206. The first kappa shape index (κ1) is 17.1. The van der Waals surface area contributed by atoms with Gasteiger partial charge in [-0.25, -0.2) is 0 Å². The molecule has 2 aromatic carbocycles.